The van der Waals surface area contributed by atoms with Crippen LogP contribution in [-0.4, -0.2) is 22.2 Å². The Morgan fingerprint density at radius 2 is 2.00 bits per heavy atom. The number of thiazole rings is 1. The zero-order valence-corrected chi connectivity index (χ0v) is 18.5. The van der Waals surface area contributed by atoms with Crippen molar-refractivity contribution in [3.05, 3.63) is 75.5 Å². The molecule has 3 heterocycles. The first-order valence-electron chi connectivity index (χ1n) is 9.64. The van der Waals surface area contributed by atoms with Gasteiger partial charge in [-0.3, -0.25) is 14.3 Å². The first-order valence-corrected chi connectivity index (χ1v) is 11.5. The molecule has 3 aromatic heterocycles. The number of fused-ring (bicyclic) bond motifs is 1. The number of ether oxygens (including phenoxy) is 1. The Bertz CT molecular complexity index is 1210. The molecule has 30 heavy (non-hydrogen) atoms. The molecule has 0 aliphatic heterocycles. The van der Waals surface area contributed by atoms with E-state index in [-0.39, 0.29) is 5.56 Å². The summed E-state index contributed by atoms with van der Waals surface area (Å²) in [4.78, 5) is 19.3. The lowest BCUT2D eigenvalue weighted by molar-refractivity contribution is 0.409. The molecule has 0 fully saturated rings. The van der Waals surface area contributed by atoms with E-state index in [9.17, 15) is 4.79 Å². The van der Waals surface area contributed by atoms with Crippen LogP contribution in [0.25, 0.3) is 15.6 Å². The number of oxazole rings is 1. The van der Waals surface area contributed by atoms with Crippen LogP contribution in [0.4, 0.5) is 0 Å². The second-order valence-electron chi connectivity index (χ2n) is 6.93. The lowest BCUT2D eigenvalue weighted by Crippen LogP contribution is -2.20. The van der Waals surface area contributed by atoms with Crippen LogP contribution in [0.1, 0.15) is 22.4 Å². The second-order valence-corrected chi connectivity index (χ2v) is 8.67. The molecule has 0 saturated heterocycles. The standard InChI is InChI=1S/C22H23N3O3S2/c1-14-19(20-24-10-11-28-20)30-22-17(8-7-15-5-3-4-6-18(15)27-2)13-16(9-12-29-23)21(26)25(14)22/h3-6,10-11,13H,7-9,12,23H2,1-2H3. The summed E-state index contributed by atoms with van der Waals surface area (Å²) < 4.78 is 12.8. The molecule has 0 atom stereocenters. The Balaban J connectivity index is 1.81. The largest absolute Gasteiger partial charge is 0.496 e. The van der Waals surface area contributed by atoms with Crippen molar-refractivity contribution in [3.63, 3.8) is 0 Å². The van der Waals surface area contributed by atoms with Gasteiger partial charge < -0.3 is 9.15 Å². The molecule has 4 rings (SSSR count). The van der Waals surface area contributed by atoms with Crippen molar-refractivity contribution < 1.29 is 9.15 Å². The lowest BCUT2D eigenvalue weighted by atomic mass is 10.0. The predicted octanol–water partition coefficient (Wildman–Crippen LogP) is 4.27. The fourth-order valence-corrected chi connectivity index (χ4v) is 5.20. The van der Waals surface area contributed by atoms with E-state index in [1.807, 2.05) is 31.2 Å². The van der Waals surface area contributed by atoms with E-state index in [4.69, 9.17) is 14.3 Å². The summed E-state index contributed by atoms with van der Waals surface area (Å²) in [6.45, 7) is 1.94. The topological polar surface area (TPSA) is 82.8 Å². The van der Waals surface area contributed by atoms with E-state index < -0.39 is 0 Å². The molecule has 2 N–H and O–H groups in total. The van der Waals surface area contributed by atoms with Gasteiger partial charge in [-0.1, -0.05) is 30.1 Å². The molecule has 1 aromatic carbocycles. The van der Waals surface area contributed by atoms with Gasteiger partial charge in [-0.05, 0) is 49.4 Å². The summed E-state index contributed by atoms with van der Waals surface area (Å²) in [6, 6.07) is 10.1. The Labute approximate surface area is 182 Å². The minimum atomic E-state index is 0.00616. The summed E-state index contributed by atoms with van der Waals surface area (Å²) in [5, 5.41) is 5.62. The average Bonchev–Trinajstić information content (AvgIpc) is 3.41. The maximum Gasteiger partial charge on any atom is 0.259 e. The first-order chi connectivity index (χ1) is 14.6. The van der Waals surface area contributed by atoms with Gasteiger partial charge in [0.1, 0.15) is 21.7 Å². The molecule has 8 heteroatoms. The summed E-state index contributed by atoms with van der Waals surface area (Å²) in [5.74, 6) is 2.11. The number of nitrogens with two attached hydrogens (primary N) is 1. The number of para-hydroxylation sites is 1. The third-order valence-electron chi connectivity index (χ3n) is 5.14. The van der Waals surface area contributed by atoms with Crippen molar-refractivity contribution in [1.82, 2.24) is 9.38 Å². The molecule has 0 bridgehead atoms. The predicted molar refractivity (Wildman–Crippen MR) is 123 cm³/mol. The zero-order valence-electron chi connectivity index (χ0n) is 16.9. The number of aryl methyl sites for hydroxylation is 4. The van der Waals surface area contributed by atoms with Gasteiger partial charge in [-0.2, -0.15) is 0 Å². The van der Waals surface area contributed by atoms with Crippen molar-refractivity contribution in [1.29, 1.82) is 0 Å². The third-order valence-corrected chi connectivity index (χ3v) is 6.89. The van der Waals surface area contributed by atoms with Crippen LogP contribution < -0.4 is 15.4 Å². The fraction of sp³-hybridized carbons (Fsp3) is 0.273. The average molecular weight is 442 g/mol. The minimum Gasteiger partial charge on any atom is -0.496 e. The van der Waals surface area contributed by atoms with Gasteiger partial charge in [0.2, 0.25) is 5.89 Å². The van der Waals surface area contributed by atoms with Crippen LogP contribution in [-0.2, 0) is 19.3 Å². The summed E-state index contributed by atoms with van der Waals surface area (Å²) in [5.41, 5.74) is 3.91. The van der Waals surface area contributed by atoms with Gasteiger partial charge in [0.25, 0.3) is 5.56 Å². The molecule has 0 spiro atoms. The lowest BCUT2D eigenvalue weighted by Gasteiger charge is -2.11. The van der Waals surface area contributed by atoms with E-state index in [0.29, 0.717) is 18.1 Å². The van der Waals surface area contributed by atoms with Crippen molar-refractivity contribution in [2.45, 2.75) is 26.2 Å². The highest BCUT2D eigenvalue weighted by molar-refractivity contribution is 7.97. The van der Waals surface area contributed by atoms with E-state index >= 15 is 0 Å². The molecule has 0 radical (unpaired) electrons. The van der Waals surface area contributed by atoms with Crippen molar-refractivity contribution in [2.75, 3.05) is 12.9 Å². The van der Waals surface area contributed by atoms with Gasteiger partial charge in [-0.25, -0.2) is 4.98 Å². The highest BCUT2D eigenvalue weighted by Gasteiger charge is 2.20. The SMILES string of the molecule is COc1ccccc1CCc1cc(CCSN)c(=O)n2c(C)c(-c3ncco3)sc12. The van der Waals surface area contributed by atoms with E-state index in [1.54, 1.807) is 35.3 Å². The van der Waals surface area contributed by atoms with Gasteiger partial charge in [-0.15, -0.1) is 11.3 Å². The van der Waals surface area contributed by atoms with Crippen LogP contribution in [0.15, 0.2) is 52.0 Å². The van der Waals surface area contributed by atoms with Crippen LogP contribution >= 0.6 is 23.3 Å². The molecule has 0 aliphatic carbocycles. The molecule has 4 aromatic rings. The van der Waals surface area contributed by atoms with Crippen LogP contribution in [0, 0.1) is 6.92 Å². The van der Waals surface area contributed by atoms with Gasteiger partial charge in [0, 0.05) is 17.0 Å². The maximum atomic E-state index is 13.2. The number of rotatable bonds is 8. The quantitative estimate of drug-likeness (QED) is 0.411. The van der Waals surface area contributed by atoms with Gasteiger partial charge >= 0.3 is 0 Å². The smallest absolute Gasteiger partial charge is 0.259 e. The van der Waals surface area contributed by atoms with Crippen LogP contribution in [0.2, 0.25) is 0 Å². The van der Waals surface area contributed by atoms with Crippen molar-refractivity contribution >= 4 is 28.1 Å². The van der Waals surface area contributed by atoms with E-state index in [0.717, 1.165) is 50.7 Å². The Kier molecular flexibility index (Phi) is 6.26. The minimum absolute atomic E-state index is 0.00616. The van der Waals surface area contributed by atoms with Crippen LogP contribution in [0.3, 0.4) is 0 Å². The van der Waals surface area contributed by atoms with Crippen molar-refractivity contribution in [2.24, 2.45) is 5.14 Å². The third kappa shape index (κ3) is 3.90. The maximum absolute atomic E-state index is 13.2. The summed E-state index contributed by atoms with van der Waals surface area (Å²) in [6.07, 6.45) is 5.41. The Morgan fingerprint density at radius 1 is 1.20 bits per heavy atom. The molecular weight excluding hydrogens is 418 g/mol. The number of hydrogen-bond donors (Lipinski definition) is 1. The molecule has 0 saturated carbocycles. The van der Waals surface area contributed by atoms with Crippen LogP contribution in [0.5, 0.6) is 5.75 Å². The highest BCUT2D eigenvalue weighted by Crippen LogP contribution is 2.33. The highest BCUT2D eigenvalue weighted by atomic mass is 32.2. The number of methoxy groups -OCH3 is 1. The number of hydrogen-bond acceptors (Lipinski definition) is 7. The number of pyridine rings is 1. The van der Waals surface area contributed by atoms with Gasteiger partial charge in [0.15, 0.2) is 0 Å². The molecular formula is C22H23N3O3S2. The molecule has 0 unspecified atom stereocenters. The molecule has 0 amide bonds. The Morgan fingerprint density at radius 3 is 2.73 bits per heavy atom. The molecule has 156 valence electrons. The number of nitrogens with zero attached hydrogens (tertiary/aromatic N) is 2. The van der Waals surface area contributed by atoms with Gasteiger partial charge in [0.05, 0.1) is 13.3 Å². The zero-order chi connectivity index (χ0) is 21.1. The summed E-state index contributed by atoms with van der Waals surface area (Å²) >= 11 is 2.80. The fourth-order valence-electron chi connectivity index (χ4n) is 3.64. The number of aromatic nitrogens is 2. The van der Waals surface area contributed by atoms with E-state index in [1.165, 1.54) is 11.9 Å². The van der Waals surface area contributed by atoms with Crippen molar-refractivity contribution in [3.8, 4) is 16.5 Å². The normalized spacial score (nSPS) is 11.3. The van der Waals surface area contributed by atoms with E-state index in [2.05, 4.69) is 11.1 Å². The monoisotopic (exact) mass is 441 g/mol. The second kappa shape index (κ2) is 9.07. The molecule has 0 aliphatic rings. The number of benzene rings is 1. The summed E-state index contributed by atoms with van der Waals surface area (Å²) in [7, 11) is 1.69. The Hall–Kier alpha value is -2.55. The first kappa shape index (κ1) is 20.7. The molecule has 6 nitrogen and oxygen atoms in total.